The topological polar surface area (TPSA) is 56.8 Å². The first-order chi connectivity index (χ1) is 10.3. The summed E-state index contributed by atoms with van der Waals surface area (Å²) in [5.41, 5.74) is 3.94. The highest BCUT2D eigenvalue weighted by atomic mass is 19.4. The summed E-state index contributed by atoms with van der Waals surface area (Å²) in [4.78, 5) is 4.03. The Balaban J connectivity index is 2.19. The quantitative estimate of drug-likeness (QED) is 0.809. The summed E-state index contributed by atoms with van der Waals surface area (Å²) in [6.45, 7) is 1.31. The Morgan fingerprint density at radius 3 is 2.64 bits per heavy atom. The van der Waals surface area contributed by atoms with Crippen molar-refractivity contribution in [1.82, 2.24) is 0 Å². The van der Waals surface area contributed by atoms with E-state index < -0.39 is 41.7 Å². The number of halogens is 4. The van der Waals surface area contributed by atoms with E-state index in [1.807, 2.05) is 0 Å². The van der Waals surface area contributed by atoms with E-state index in [1.165, 1.54) is 31.2 Å². The number of hydrogen-bond acceptors (Lipinski definition) is 4. The molecule has 1 fully saturated rings. The van der Waals surface area contributed by atoms with Gasteiger partial charge >= 0.3 is 6.18 Å². The first-order valence-corrected chi connectivity index (χ1v) is 6.71. The molecule has 120 valence electrons. The van der Waals surface area contributed by atoms with Gasteiger partial charge in [0, 0.05) is 5.56 Å². The molecule has 0 radical (unpaired) electrons. The molecule has 0 aliphatic carbocycles. The molecule has 22 heavy (non-hydrogen) atoms. The van der Waals surface area contributed by atoms with Crippen LogP contribution in [-0.4, -0.2) is 31.0 Å². The lowest BCUT2D eigenvalue weighted by Crippen LogP contribution is -2.55. The van der Waals surface area contributed by atoms with E-state index in [2.05, 4.69) is 4.99 Å². The maximum absolute atomic E-state index is 14.2. The van der Waals surface area contributed by atoms with Gasteiger partial charge in [0.2, 0.25) is 6.10 Å². The van der Waals surface area contributed by atoms with Gasteiger partial charge in [0.25, 0.3) is 6.02 Å². The SMILES string of the molecule is C[C@H]1OCC2(c3ccccc3F)N=C(N)O[C@H](C(F)(F)F)[C@H]12. The molecule has 3 rings (SSSR count). The average molecular weight is 318 g/mol. The number of ether oxygens (including phenoxy) is 2. The molecule has 0 saturated carbocycles. The molecule has 1 unspecified atom stereocenters. The number of nitrogens with two attached hydrogens (primary N) is 1. The van der Waals surface area contributed by atoms with Crippen molar-refractivity contribution in [3.05, 3.63) is 35.6 Å². The van der Waals surface area contributed by atoms with Crippen LogP contribution in [0.15, 0.2) is 29.3 Å². The summed E-state index contributed by atoms with van der Waals surface area (Å²) in [5.74, 6) is -1.86. The molecular formula is C14H14F4N2O2. The molecule has 0 spiro atoms. The molecule has 0 aromatic heterocycles. The van der Waals surface area contributed by atoms with Crippen molar-refractivity contribution < 1.29 is 27.0 Å². The zero-order chi connectivity index (χ0) is 16.1. The molecule has 2 N–H and O–H groups in total. The molecular weight excluding hydrogens is 304 g/mol. The monoisotopic (exact) mass is 318 g/mol. The normalized spacial score (nSPS) is 34.8. The van der Waals surface area contributed by atoms with E-state index in [0.29, 0.717) is 0 Å². The number of hydrogen-bond donors (Lipinski definition) is 1. The Morgan fingerprint density at radius 2 is 2.00 bits per heavy atom. The Hall–Kier alpha value is -1.83. The van der Waals surface area contributed by atoms with Gasteiger partial charge in [-0.15, -0.1) is 0 Å². The minimum Gasteiger partial charge on any atom is -0.452 e. The second-order valence-corrected chi connectivity index (χ2v) is 5.48. The molecule has 0 bridgehead atoms. The van der Waals surface area contributed by atoms with Gasteiger partial charge in [-0.3, -0.25) is 0 Å². The van der Waals surface area contributed by atoms with Crippen molar-refractivity contribution in [2.75, 3.05) is 6.61 Å². The van der Waals surface area contributed by atoms with Crippen LogP contribution in [-0.2, 0) is 15.0 Å². The van der Waals surface area contributed by atoms with Crippen LogP contribution in [0, 0.1) is 11.7 Å². The highest BCUT2D eigenvalue weighted by Crippen LogP contribution is 2.51. The second-order valence-electron chi connectivity index (χ2n) is 5.48. The smallest absolute Gasteiger partial charge is 0.426 e. The van der Waals surface area contributed by atoms with E-state index in [1.54, 1.807) is 0 Å². The minimum absolute atomic E-state index is 0.0323. The molecule has 1 aromatic rings. The fraction of sp³-hybridized carbons (Fsp3) is 0.500. The third kappa shape index (κ3) is 2.13. The number of aliphatic imine (C=N–C) groups is 1. The lowest BCUT2D eigenvalue weighted by atomic mass is 9.74. The van der Waals surface area contributed by atoms with E-state index in [-0.39, 0.29) is 12.2 Å². The van der Waals surface area contributed by atoms with E-state index in [0.717, 1.165) is 0 Å². The number of fused-ring (bicyclic) bond motifs is 1. The fourth-order valence-corrected chi connectivity index (χ4v) is 3.28. The van der Waals surface area contributed by atoms with Gasteiger partial charge in [-0.2, -0.15) is 13.2 Å². The van der Waals surface area contributed by atoms with Crippen molar-refractivity contribution in [3.8, 4) is 0 Å². The van der Waals surface area contributed by atoms with Gasteiger partial charge in [-0.25, -0.2) is 9.38 Å². The Kier molecular flexibility index (Phi) is 3.32. The summed E-state index contributed by atoms with van der Waals surface area (Å²) in [6.07, 6.45) is -7.66. The van der Waals surface area contributed by atoms with Crippen molar-refractivity contribution in [2.24, 2.45) is 16.6 Å². The molecule has 2 aliphatic heterocycles. The zero-order valence-electron chi connectivity index (χ0n) is 11.6. The van der Waals surface area contributed by atoms with Gasteiger partial charge < -0.3 is 15.2 Å². The first kappa shape index (κ1) is 15.1. The van der Waals surface area contributed by atoms with Crippen LogP contribution >= 0.6 is 0 Å². The largest absolute Gasteiger partial charge is 0.452 e. The number of benzene rings is 1. The molecule has 8 heteroatoms. The van der Waals surface area contributed by atoms with Gasteiger partial charge in [0.15, 0.2) is 0 Å². The van der Waals surface area contributed by atoms with Crippen molar-refractivity contribution in [3.63, 3.8) is 0 Å². The maximum Gasteiger partial charge on any atom is 0.426 e. The van der Waals surface area contributed by atoms with E-state index in [9.17, 15) is 17.6 Å². The molecule has 0 amide bonds. The Morgan fingerprint density at radius 1 is 1.32 bits per heavy atom. The average Bonchev–Trinajstić information content (AvgIpc) is 2.75. The molecule has 4 nitrogen and oxygen atoms in total. The van der Waals surface area contributed by atoms with E-state index >= 15 is 0 Å². The van der Waals surface area contributed by atoms with Crippen molar-refractivity contribution >= 4 is 6.02 Å². The zero-order valence-corrected chi connectivity index (χ0v) is 11.6. The van der Waals surface area contributed by atoms with Crippen LogP contribution in [0.2, 0.25) is 0 Å². The Labute approximate surface area is 123 Å². The van der Waals surface area contributed by atoms with Crippen LogP contribution in [0.1, 0.15) is 12.5 Å². The number of alkyl halides is 3. The van der Waals surface area contributed by atoms with Crippen LogP contribution in [0.3, 0.4) is 0 Å². The molecule has 1 saturated heterocycles. The number of amidine groups is 1. The molecule has 4 atom stereocenters. The molecule has 2 heterocycles. The van der Waals surface area contributed by atoms with E-state index in [4.69, 9.17) is 15.2 Å². The summed E-state index contributed by atoms with van der Waals surface area (Å²) in [5, 5.41) is 0. The second kappa shape index (κ2) is 4.84. The molecule has 1 aromatic carbocycles. The molecule has 2 aliphatic rings. The standard InChI is InChI=1S/C14H14F4N2O2/c1-7-10-11(14(16,17)18)22-12(19)20-13(10,6-21-7)8-4-2-3-5-9(8)15/h2-5,7,10-11H,6H2,1H3,(H2,19,20)/t7-,10+,11+,13?/m1/s1. The lowest BCUT2D eigenvalue weighted by Gasteiger charge is -2.41. The van der Waals surface area contributed by atoms with Gasteiger partial charge in [-0.05, 0) is 13.0 Å². The van der Waals surface area contributed by atoms with Gasteiger partial charge in [0.1, 0.15) is 11.4 Å². The highest BCUT2D eigenvalue weighted by Gasteiger charge is 2.64. The van der Waals surface area contributed by atoms with Crippen LogP contribution in [0.5, 0.6) is 0 Å². The summed E-state index contributed by atoms with van der Waals surface area (Å²) in [7, 11) is 0. The summed E-state index contributed by atoms with van der Waals surface area (Å²) < 4.78 is 64.3. The van der Waals surface area contributed by atoms with Crippen molar-refractivity contribution in [1.29, 1.82) is 0 Å². The first-order valence-electron chi connectivity index (χ1n) is 6.71. The van der Waals surface area contributed by atoms with Gasteiger partial charge in [0.05, 0.1) is 18.6 Å². The van der Waals surface area contributed by atoms with Crippen molar-refractivity contribution in [2.45, 2.75) is 30.8 Å². The number of rotatable bonds is 1. The minimum atomic E-state index is -4.66. The van der Waals surface area contributed by atoms with Crippen LogP contribution in [0.25, 0.3) is 0 Å². The maximum atomic E-state index is 14.2. The third-order valence-electron chi connectivity index (χ3n) is 4.17. The summed E-state index contributed by atoms with van der Waals surface area (Å²) in [6, 6.07) is 4.96. The highest BCUT2D eigenvalue weighted by molar-refractivity contribution is 5.73. The Bertz CT molecular complexity index is 619. The van der Waals surface area contributed by atoms with Gasteiger partial charge in [-0.1, -0.05) is 18.2 Å². The number of nitrogens with zero attached hydrogens (tertiary/aromatic N) is 1. The summed E-state index contributed by atoms with van der Waals surface area (Å²) >= 11 is 0. The van der Waals surface area contributed by atoms with Crippen LogP contribution < -0.4 is 5.73 Å². The lowest BCUT2D eigenvalue weighted by molar-refractivity contribution is -0.226. The predicted molar refractivity (Wildman–Crippen MR) is 69.5 cm³/mol. The predicted octanol–water partition coefficient (Wildman–Crippen LogP) is 2.33. The van der Waals surface area contributed by atoms with Crippen LogP contribution in [0.4, 0.5) is 17.6 Å². The third-order valence-corrected chi connectivity index (χ3v) is 4.17. The fourth-order valence-electron chi connectivity index (χ4n) is 3.28.